The predicted molar refractivity (Wildman–Crippen MR) is 123 cm³/mol. The van der Waals surface area contributed by atoms with Crippen LogP contribution in [0.1, 0.15) is 36.5 Å². The van der Waals surface area contributed by atoms with Gasteiger partial charge in [-0.25, -0.2) is 4.79 Å². The van der Waals surface area contributed by atoms with Crippen molar-refractivity contribution in [2.24, 2.45) is 0 Å². The van der Waals surface area contributed by atoms with Gasteiger partial charge in [-0.1, -0.05) is 0 Å². The Morgan fingerprint density at radius 1 is 1.19 bits per heavy atom. The molecule has 1 atom stereocenters. The minimum atomic E-state index is -0.441. The van der Waals surface area contributed by atoms with Gasteiger partial charge >= 0.3 is 5.30 Å². The Bertz CT molecular complexity index is 768. The van der Waals surface area contributed by atoms with Crippen LogP contribution in [0.15, 0.2) is 18.2 Å². The Labute approximate surface area is 191 Å². The molecular weight excluding hydrogens is 440 g/mol. The first-order valence-corrected chi connectivity index (χ1v) is 12.3. The van der Waals surface area contributed by atoms with Gasteiger partial charge in [0.2, 0.25) is 5.91 Å². The lowest BCUT2D eigenvalue weighted by molar-refractivity contribution is -0.130. The summed E-state index contributed by atoms with van der Waals surface area (Å²) in [4.78, 5) is 37.6. The number of carbonyl (C=O) groups excluding carboxylic acids is 3. The fraction of sp³-hybridized carbons (Fsp3) is 0.571. The maximum Gasteiger partial charge on any atom is 0.369 e. The fourth-order valence-corrected chi connectivity index (χ4v) is 4.50. The first-order valence-electron chi connectivity index (χ1n) is 10.0. The number of hydrogen-bond donors (Lipinski definition) is 1. The van der Waals surface area contributed by atoms with E-state index in [-0.39, 0.29) is 23.3 Å². The van der Waals surface area contributed by atoms with Crippen molar-refractivity contribution < 1.29 is 28.6 Å². The molecule has 1 heterocycles. The van der Waals surface area contributed by atoms with Crippen molar-refractivity contribution in [3.8, 4) is 11.5 Å². The van der Waals surface area contributed by atoms with Crippen molar-refractivity contribution in [1.29, 1.82) is 0 Å². The minimum absolute atomic E-state index is 0.0171. The van der Waals surface area contributed by atoms with Crippen molar-refractivity contribution in [2.75, 3.05) is 39.3 Å². The Morgan fingerprint density at radius 2 is 1.90 bits per heavy atom. The maximum atomic E-state index is 12.7. The molecule has 1 N–H and O–H groups in total. The molecule has 31 heavy (non-hydrogen) atoms. The molecule has 1 aliphatic rings. The zero-order chi connectivity index (χ0) is 22.8. The molecular formula is C21H30N2O6S2. The maximum absolute atomic E-state index is 12.7. The van der Waals surface area contributed by atoms with E-state index in [4.69, 9.17) is 14.2 Å². The van der Waals surface area contributed by atoms with Crippen LogP contribution in [0, 0.1) is 0 Å². The number of carbonyl (C=O) groups is 3. The standard InChI is InChI=1S/C21H30N2O6S2/c1-14(24)23-10-7-16(8-11-23)29-17-6-5-15(13-18(17)27-2)20(25)22-19(9-12-30-4)31-21(26)28-3/h5-6,13,16,19H,7-12H2,1-4H3,(H,22,25). The van der Waals surface area contributed by atoms with E-state index in [1.54, 1.807) is 36.9 Å². The molecule has 1 aromatic carbocycles. The molecule has 0 bridgehead atoms. The number of piperidine rings is 1. The van der Waals surface area contributed by atoms with Crippen molar-refractivity contribution in [1.82, 2.24) is 10.2 Å². The lowest BCUT2D eigenvalue weighted by Gasteiger charge is -2.31. The van der Waals surface area contributed by atoms with Gasteiger partial charge in [0.1, 0.15) is 6.10 Å². The van der Waals surface area contributed by atoms with E-state index in [2.05, 4.69) is 5.32 Å². The molecule has 0 aromatic heterocycles. The molecule has 0 spiro atoms. The highest BCUT2D eigenvalue weighted by molar-refractivity contribution is 8.13. The molecule has 172 valence electrons. The number of nitrogens with one attached hydrogen (secondary N) is 1. The first kappa shape index (κ1) is 25.2. The van der Waals surface area contributed by atoms with E-state index >= 15 is 0 Å². The third-order valence-corrected chi connectivity index (χ3v) is 6.53. The molecule has 10 heteroatoms. The van der Waals surface area contributed by atoms with Crippen molar-refractivity contribution in [3.05, 3.63) is 23.8 Å². The first-order chi connectivity index (χ1) is 14.9. The number of amides is 2. The van der Waals surface area contributed by atoms with E-state index < -0.39 is 5.30 Å². The average Bonchev–Trinajstić information content (AvgIpc) is 2.77. The van der Waals surface area contributed by atoms with Crippen LogP contribution in [0.5, 0.6) is 11.5 Å². The van der Waals surface area contributed by atoms with Gasteiger partial charge in [-0.3, -0.25) is 9.59 Å². The van der Waals surface area contributed by atoms with Crippen LogP contribution in [0.2, 0.25) is 0 Å². The van der Waals surface area contributed by atoms with Gasteiger partial charge in [0, 0.05) is 38.4 Å². The summed E-state index contributed by atoms with van der Waals surface area (Å²) >= 11 is 2.59. The second-order valence-corrected chi connectivity index (χ2v) is 9.13. The minimum Gasteiger partial charge on any atom is -0.493 e. The quantitative estimate of drug-likeness (QED) is 0.434. The van der Waals surface area contributed by atoms with Crippen LogP contribution in [-0.4, -0.2) is 72.8 Å². The predicted octanol–water partition coefficient (Wildman–Crippen LogP) is 3.39. The molecule has 2 rings (SSSR count). The average molecular weight is 471 g/mol. The molecule has 1 aliphatic heterocycles. The second-order valence-electron chi connectivity index (χ2n) is 7.00. The molecule has 2 amide bonds. The van der Waals surface area contributed by atoms with Gasteiger partial charge in [-0.15, -0.1) is 0 Å². The summed E-state index contributed by atoms with van der Waals surface area (Å²) in [7, 11) is 2.84. The van der Waals surface area contributed by atoms with Crippen LogP contribution < -0.4 is 14.8 Å². The highest BCUT2D eigenvalue weighted by Gasteiger charge is 2.24. The summed E-state index contributed by atoms with van der Waals surface area (Å²) in [6, 6.07) is 5.02. The zero-order valence-electron chi connectivity index (χ0n) is 18.3. The number of rotatable bonds is 9. The Kier molecular flexibility index (Phi) is 10.3. The van der Waals surface area contributed by atoms with Crippen molar-refractivity contribution in [2.45, 2.75) is 37.7 Å². The molecule has 1 unspecified atom stereocenters. The van der Waals surface area contributed by atoms with Gasteiger partial charge in [0.15, 0.2) is 11.5 Å². The van der Waals surface area contributed by atoms with Gasteiger partial charge < -0.3 is 24.4 Å². The van der Waals surface area contributed by atoms with Gasteiger partial charge in [-0.05, 0) is 48.4 Å². The van der Waals surface area contributed by atoms with Crippen molar-refractivity contribution in [3.63, 3.8) is 0 Å². The third kappa shape index (κ3) is 7.84. The second kappa shape index (κ2) is 12.7. The molecule has 0 saturated carbocycles. The molecule has 1 fully saturated rings. The number of benzene rings is 1. The highest BCUT2D eigenvalue weighted by atomic mass is 32.2. The number of thioether (sulfide) groups is 2. The number of nitrogens with zero attached hydrogens (tertiary/aromatic N) is 1. The van der Waals surface area contributed by atoms with E-state index in [9.17, 15) is 14.4 Å². The molecule has 1 aromatic rings. The Balaban J connectivity index is 2.03. The van der Waals surface area contributed by atoms with Gasteiger partial charge in [-0.2, -0.15) is 11.8 Å². The van der Waals surface area contributed by atoms with Gasteiger partial charge in [0.25, 0.3) is 5.91 Å². The van der Waals surface area contributed by atoms with Crippen LogP contribution >= 0.6 is 23.5 Å². The summed E-state index contributed by atoms with van der Waals surface area (Å²) < 4.78 is 16.2. The third-order valence-electron chi connectivity index (χ3n) is 4.89. The summed E-state index contributed by atoms with van der Waals surface area (Å²) in [5, 5.41) is 2.05. The van der Waals surface area contributed by atoms with Crippen LogP contribution in [0.4, 0.5) is 4.79 Å². The fourth-order valence-electron chi connectivity index (χ4n) is 3.15. The SMILES string of the molecule is COC(=O)SC(CCSC)NC(=O)c1ccc(OC2CCN(C(C)=O)CC2)c(OC)c1. The zero-order valence-corrected chi connectivity index (χ0v) is 20.0. The highest BCUT2D eigenvalue weighted by Crippen LogP contribution is 2.31. The van der Waals surface area contributed by atoms with E-state index in [0.717, 1.165) is 30.4 Å². The number of methoxy groups -OCH3 is 2. The van der Waals surface area contributed by atoms with E-state index in [1.165, 1.54) is 14.2 Å². The van der Waals surface area contributed by atoms with Crippen LogP contribution in [0.3, 0.4) is 0 Å². The molecule has 0 radical (unpaired) electrons. The number of ether oxygens (including phenoxy) is 3. The van der Waals surface area contributed by atoms with E-state index in [1.807, 2.05) is 11.2 Å². The summed E-state index contributed by atoms with van der Waals surface area (Å²) in [5.41, 5.74) is 0.412. The Morgan fingerprint density at radius 3 is 2.48 bits per heavy atom. The monoisotopic (exact) mass is 470 g/mol. The molecule has 0 aliphatic carbocycles. The smallest absolute Gasteiger partial charge is 0.369 e. The molecule has 1 saturated heterocycles. The summed E-state index contributed by atoms with van der Waals surface area (Å²) in [6.07, 6.45) is 4.07. The topological polar surface area (TPSA) is 94.2 Å². The summed E-state index contributed by atoms with van der Waals surface area (Å²) in [6.45, 7) is 2.90. The summed E-state index contributed by atoms with van der Waals surface area (Å²) in [5.74, 6) is 1.59. The van der Waals surface area contributed by atoms with Crippen LogP contribution in [-0.2, 0) is 9.53 Å². The number of hydrogen-bond acceptors (Lipinski definition) is 8. The number of likely N-dealkylation sites (tertiary alicyclic amines) is 1. The van der Waals surface area contributed by atoms with Crippen molar-refractivity contribution >= 4 is 40.6 Å². The van der Waals surface area contributed by atoms with E-state index in [0.29, 0.717) is 36.6 Å². The lowest BCUT2D eigenvalue weighted by Crippen LogP contribution is -2.40. The molecule has 8 nitrogen and oxygen atoms in total. The normalized spacial score (nSPS) is 15.2. The largest absolute Gasteiger partial charge is 0.493 e. The Hall–Kier alpha value is -2.07. The van der Waals surface area contributed by atoms with Gasteiger partial charge in [0.05, 0.1) is 19.6 Å². The lowest BCUT2D eigenvalue weighted by atomic mass is 10.1. The van der Waals surface area contributed by atoms with Crippen LogP contribution in [0.25, 0.3) is 0 Å².